The average molecular weight is 217 g/mol. The summed E-state index contributed by atoms with van der Waals surface area (Å²) in [7, 11) is 0. The summed E-state index contributed by atoms with van der Waals surface area (Å²) >= 11 is 0. The maximum atomic E-state index is 11.5. The van der Waals surface area contributed by atoms with E-state index in [1.165, 1.54) is 36.5 Å². The number of carbonyl (C=O) groups excluding carboxylic acids is 1. The molecule has 0 aliphatic rings. The lowest BCUT2D eigenvalue weighted by molar-refractivity contribution is 0.0725. The zero-order valence-electron chi connectivity index (χ0n) is 8.07. The Morgan fingerprint density at radius 2 is 1.94 bits per heavy atom. The van der Waals surface area contributed by atoms with E-state index < -0.39 is 5.97 Å². The molecule has 0 spiro atoms. The van der Waals surface area contributed by atoms with Gasteiger partial charge in [0.1, 0.15) is 5.75 Å². The van der Waals surface area contributed by atoms with Gasteiger partial charge in [-0.25, -0.2) is 4.79 Å². The van der Waals surface area contributed by atoms with Crippen LogP contribution in [0.3, 0.4) is 0 Å². The van der Waals surface area contributed by atoms with Crippen molar-refractivity contribution in [3.05, 3.63) is 42.1 Å². The van der Waals surface area contributed by atoms with E-state index in [2.05, 4.69) is 15.4 Å². The van der Waals surface area contributed by atoms with Crippen LogP contribution in [0.5, 0.6) is 11.6 Å². The maximum absolute atomic E-state index is 11.5. The second-order valence-electron chi connectivity index (χ2n) is 2.90. The molecule has 80 valence electrons. The normalized spacial score (nSPS) is 9.75. The van der Waals surface area contributed by atoms with Crippen LogP contribution in [0.25, 0.3) is 0 Å². The number of nitrogens with zero attached hydrogens (tertiary/aromatic N) is 3. The average Bonchev–Trinajstić information content (AvgIpc) is 2.31. The van der Waals surface area contributed by atoms with Gasteiger partial charge in [-0.15, -0.1) is 5.10 Å². The van der Waals surface area contributed by atoms with Gasteiger partial charge >= 0.3 is 5.97 Å². The Hall–Kier alpha value is -2.50. The number of hydrogen-bond acceptors (Lipinski definition) is 6. The van der Waals surface area contributed by atoms with Gasteiger partial charge in [0.15, 0.2) is 0 Å². The van der Waals surface area contributed by atoms with Gasteiger partial charge in [0.25, 0.3) is 0 Å². The summed E-state index contributed by atoms with van der Waals surface area (Å²) in [6.07, 6.45) is 1.37. The molecule has 16 heavy (non-hydrogen) atoms. The Balaban J connectivity index is 2.12. The summed E-state index contributed by atoms with van der Waals surface area (Å²) in [4.78, 5) is 11.5. The molecular weight excluding hydrogens is 210 g/mol. The van der Waals surface area contributed by atoms with Crippen molar-refractivity contribution in [2.75, 3.05) is 0 Å². The molecule has 6 heteroatoms. The highest BCUT2D eigenvalue weighted by Gasteiger charge is 2.08. The molecule has 0 bridgehead atoms. The molecule has 0 fully saturated rings. The fourth-order valence-corrected chi connectivity index (χ4v) is 1.04. The number of ether oxygens (including phenoxy) is 1. The molecule has 1 aromatic heterocycles. The van der Waals surface area contributed by atoms with Gasteiger partial charge in [-0.1, -0.05) is 5.10 Å². The fourth-order valence-electron chi connectivity index (χ4n) is 1.04. The first kappa shape index (κ1) is 10.0. The van der Waals surface area contributed by atoms with E-state index in [1.54, 1.807) is 0 Å². The monoisotopic (exact) mass is 217 g/mol. The molecule has 2 aromatic rings. The zero-order chi connectivity index (χ0) is 11.4. The van der Waals surface area contributed by atoms with Gasteiger partial charge in [0.2, 0.25) is 5.88 Å². The Bertz CT molecular complexity index is 484. The zero-order valence-corrected chi connectivity index (χ0v) is 8.07. The van der Waals surface area contributed by atoms with Crippen LogP contribution in [0.15, 0.2) is 36.5 Å². The van der Waals surface area contributed by atoms with Crippen LogP contribution < -0.4 is 4.74 Å². The summed E-state index contributed by atoms with van der Waals surface area (Å²) in [6.45, 7) is 0. The van der Waals surface area contributed by atoms with Gasteiger partial charge in [0.05, 0.1) is 11.8 Å². The van der Waals surface area contributed by atoms with Crippen molar-refractivity contribution < 1.29 is 14.6 Å². The molecule has 0 saturated carbocycles. The van der Waals surface area contributed by atoms with E-state index in [-0.39, 0.29) is 11.6 Å². The SMILES string of the molecule is O=C(Oc1ccnnn1)c1ccc(O)cc1. The Kier molecular flexibility index (Phi) is 2.73. The van der Waals surface area contributed by atoms with Crippen molar-refractivity contribution in [1.29, 1.82) is 0 Å². The van der Waals surface area contributed by atoms with Crippen LogP contribution in [0, 0.1) is 0 Å². The number of rotatable bonds is 2. The third-order valence-electron chi connectivity index (χ3n) is 1.78. The molecule has 0 amide bonds. The van der Waals surface area contributed by atoms with E-state index in [0.29, 0.717) is 5.56 Å². The van der Waals surface area contributed by atoms with E-state index in [0.717, 1.165) is 0 Å². The fraction of sp³-hybridized carbons (Fsp3) is 0. The molecule has 0 saturated heterocycles. The van der Waals surface area contributed by atoms with Gasteiger partial charge in [-0.3, -0.25) is 0 Å². The molecule has 0 aliphatic carbocycles. The molecule has 6 nitrogen and oxygen atoms in total. The Labute approximate surface area is 90.5 Å². The first-order valence-electron chi connectivity index (χ1n) is 4.41. The first-order chi connectivity index (χ1) is 7.75. The van der Waals surface area contributed by atoms with Crippen molar-refractivity contribution in [3.63, 3.8) is 0 Å². The third kappa shape index (κ3) is 2.30. The number of phenols is 1. The summed E-state index contributed by atoms with van der Waals surface area (Å²) < 4.78 is 4.91. The minimum Gasteiger partial charge on any atom is -0.508 e. The Morgan fingerprint density at radius 3 is 2.56 bits per heavy atom. The van der Waals surface area contributed by atoms with Crippen LogP contribution in [-0.4, -0.2) is 26.5 Å². The number of benzene rings is 1. The van der Waals surface area contributed by atoms with Crippen molar-refractivity contribution in [1.82, 2.24) is 15.4 Å². The quantitative estimate of drug-likeness (QED) is 0.749. The lowest BCUT2D eigenvalue weighted by Gasteiger charge is -2.01. The van der Waals surface area contributed by atoms with E-state index >= 15 is 0 Å². The lowest BCUT2D eigenvalue weighted by Crippen LogP contribution is -2.09. The largest absolute Gasteiger partial charge is 0.508 e. The minimum absolute atomic E-state index is 0.0769. The first-order valence-corrected chi connectivity index (χ1v) is 4.41. The van der Waals surface area contributed by atoms with E-state index in [4.69, 9.17) is 9.84 Å². The molecule has 2 rings (SSSR count). The van der Waals surface area contributed by atoms with Gasteiger partial charge in [-0.2, -0.15) is 0 Å². The molecular formula is C10H7N3O3. The van der Waals surface area contributed by atoms with Gasteiger partial charge in [-0.05, 0) is 29.5 Å². The lowest BCUT2D eigenvalue weighted by atomic mass is 10.2. The maximum Gasteiger partial charge on any atom is 0.344 e. The smallest absolute Gasteiger partial charge is 0.344 e. The highest BCUT2D eigenvalue weighted by atomic mass is 16.5. The van der Waals surface area contributed by atoms with Crippen LogP contribution in [0.2, 0.25) is 0 Å². The highest BCUT2D eigenvalue weighted by Crippen LogP contribution is 2.11. The molecule has 0 aliphatic heterocycles. The number of aromatic hydroxyl groups is 1. The van der Waals surface area contributed by atoms with Crippen LogP contribution in [-0.2, 0) is 0 Å². The number of aromatic nitrogens is 3. The second-order valence-corrected chi connectivity index (χ2v) is 2.90. The highest BCUT2D eigenvalue weighted by molar-refractivity contribution is 5.90. The molecule has 0 unspecified atom stereocenters. The van der Waals surface area contributed by atoms with Gasteiger partial charge in [0, 0.05) is 6.07 Å². The number of hydrogen-bond donors (Lipinski definition) is 1. The van der Waals surface area contributed by atoms with Crippen LogP contribution in [0.4, 0.5) is 0 Å². The van der Waals surface area contributed by atoms with E-state index in [1.807, 2.05) is 0 Å². The van der Waals surface area contributed by atoms with Crippen LogP contribution >= 0.6 is 0 Å². The van der Waals surface area contributed by atoms with Crippen molar-refractivity contribution >= 4 is 5.97 Å². The van der Waals surface area contributed by atoms with E-state index in [9.17, 15) is 4.79 Å². The molecule has 1 N–H and O–H groups in total. The summed E-state index contributed by atoms with van der Waals surface area (Å²) in [6, 6.07) is 7.12. The summed E-state index contributed by atoms with van der Waals surface area (Å²) in [5, 5.41) is 19.3. The van der Waals surface area contributed by atoms with Crippen LogP contribution in [0.1, 0.15) is 10.4 Å². The van der Waals surface area contributed by atoms with Crippen molar-refractivity contribution in [2.24, 2.45) is 0 Å². The standard InChI is InChI=1S/C10H7N3O3/c14-8-3-1-7(2-4-8)10(15)16-9-5-6-11-13-12-9/h1-6,14H. The number of phenolic OH excluding ortho intramolecular Hbond substituents is 1. The summed E-state index contributed by atoms with van der Waals surface area (Å²) in [5.41, 5.74) is 0.316. The molecule has 0 radical (unpaired) electrons. The topological polar surface area (TPSA) is 85.2 Å². The molecule has 1 heterocycles. The minimum atomic E-state index is -0.569. The van der Waals surface area contributed by atoms with Gasteiger partial charge < -0.3 is 9.84 Å². The summed E-state index contributed by atoms with van der Waals surface area (Å²) in [5.74, 6) is -0.408. The predicted molar refractivity (Wildman–Crippen MR) is 52.9 cm³/mol. The molecule has 0 atom stereocenters. The Morgan fingerprint density at radius 1 is 1.19 bits per heavy atom. The number of carbonyl (C=O) groups is 1. The number of esters is 1. The van der Waals surface area contributed by atoms with Crippen molar-refractivity contribution in [2.45, 2.75) is 0 Å². The third-order valence-corrected chi connectivity index (χ3v) is 1.78. The van der Waals surface area contributed by atoms with Crippen molar-refractivity contribution in [3.8, 4) is 11.6 Å². The molecule has 1 aromatic carbocycles. The predicted octanol–water partition coefficient (Wildman–Crippen LogP) is 0.796. The second kappa shape index (κ2) is 4.35.